The lowest BCUT2D eigenvalue weighted by molar-refractivity contribution is -0.122. The van der Waals surface area contributed by atoms with E-state index in [1.54, 1.807) is 32.3 Å². The number of carbonyl (C=O) groups is 1. The van der Waals surface area contributed by atoms with E-state index < -0.39 is 16.8 Å². The second-order valence-electron chi connectivity index (χ2n) is 4.28. The van der Waals surface area contributed by atoms with Crippen molar-refractivity contribution in [2.75, 3.05) is 5.75 Å². The minimum Gasteiger partial charge on any atom is -0.321 e. The summed E-state index contributed by atoms with van der Waals surface area (Å²) >= 11 is 0. The number of Topliss-reactive ketones (excluding diaryl/α,β-unsaturated/α-hetero) is 1. The van der Waals surface area contributed by atoms with Gasteiger partial charge in [-0.2, -0.15) is 0 Å². The van der Waals surface area contributed by atoms with Gasteiger partial charge in [0.05, 0.1) is 11.8 Å². The molecule has 0 aliphatic carbocycles. The third-order valence-electron chi connectivity index (χ3n) is 2.35. The first-order valence-corrected chi connectivity index (χ1v) is 7.02. The molecule has 0 aromatic carbocycles. The molecular weight excluding hydrogens is 236 g/mol. The fourth-order valence-corrected chi connectivity index (χ4v) is 2.66. The van der Waals surface area contributed by atoms with Crippen LogP contribution in [-0.4, -0.2) is 26.8 Å². The highest BCUT2D eigenvalue weighted by Gasteiger charge is 2.19. The minimum atomic E-state index is -1.12. The predicted octanol–water partition coefficient (Wildman–Crippen LogP) is 0.883. The SMILES string of the molecule is CC(C)C(=O)C(N)CS(=O)Cc1cccnc1. The predicted molar refractivity (Wildman–Crippen MR) is 68.8 cm³/mol. The van der Waals surface area contributed by atoms with Crippen molar-refractivity contribution in [3.05, 3.63) is 30.1 Å². The molecule has 0 amide bonds. The third-order valence-corrected chi connectivity index (χ3v) is 3.74. The quantitative estimate of drug-likeness (QED) is 0.818. The zero-order chi connectivity index (χ0) is 12.8. The van der Waals surface area contributed by atoms with Crippen LogP contribution >= 0.6 is 0 Å². The Kier molecular flexibility index (Phi) is 5.44. The van der Waals surface area contributed by atoms with Crippen LogP contribution in [0.1, 0.15) is 19.4 Å². The Morgan fingerprint density at radius 2 is 2.24 bits per heavy atom. The van der Waals surface area contributed by atoms with Crippen molar-refractivity contribution in [3.63, 3.8) is 0 Å². The lowest BCUT2D eigenvalue weighted by atomic mass is 10.0. The summed E-state index contributed by atoms with van der Waals surface area (Å²) in [6.07, 6.45) is 3.34. The van der Waals surface area contributed by atoms with Crippen molar-refractivity contribution < 1.29 is 9.00 Å². The smallest absolute Gasteiger partial charge is 0.152 e. The number of nitrogens with two attached hydrogens (primary N) is 1. The maximum absolute atomic E-state index is 11.8. The molecule has 2 unspecified atom stereocenters. The summed E-state index contributed by atoms with van der Waals surface area (Å²) in [6.45, 7) is 3.60. The van der Waals surface area contributed by atoms with E-state index in [-0.39, 0.29) is 17.5 Å². The van der Waals surface area contributed by atoms with Crippen LogP contribution in [0.2, 0.25) is 0 Å². The van der Waals surface area contributed by atoms with E-state index in [1.807, 2.05) is 6.07 Å². The molecule has 0 saturated heterocycles. The Balaban J connectivity index is 2.48. The van der Waals surface area contributed by atoms with Crippen LogP contribution in [0.5, 0.6) is 0 Å². The van der Waals surface area contributed by atoms with Crippen LogP contribution in [0.25, 0.3) is 0 Å². The molecule has 1 rings (SSSR count). The van der Waals surface area contributed by atoms with Crippen molar-refractivity contribution in [2.45, 2.75) is 25.6 Å². The number of ketones is 1. The summed E-state index contributed by atoms with van der Waals surface area (Å²) in [6, 6.07) is 3.03. The molecule has 1 heterocycles. The van der Waals surface area contributed by atoms with E-state index in [0.717, 1.165) is 5.56 Å². The monoisotopic (exact) mass is 254 g/mol. The zero-order valence-corrected chi connectivity index (χ0v) is 10.9. The van der Waals surface area contributed by atoms with Gasteiger partial charge in [0.1, 0.15) is 0 Å². The summed E-state index contributed by atoms with van der Waals surface area (Å²) in [5.74, 6) is 0.462. The molecule has 1 aromatic rings. The van der Waals surface area contributed by atoms with Crippen LogP contribution in [0, 0.1) is 5.92 Å². The summed E-state index contributed by atoms with van der Waals surface area (Å²) in [7, 11) is -1.12. The minimum absolute atomic E-state index is 0.0375. The Morgan fingerprint density at radius 3 is 2.76 bits per heavy atom. The molecular formula is C12H18N2O2S. The summed E-state index contributed by atoms with van der Waals surface area (Å²) in [4.78, 5) is 15.5. The van der Waals surface area contributed by atoms with Crippen molar-refractivity contribution in [3.8, 4) is 0 Å². The lowest BCUT2D eigenvalue weighted by Gasteiger charge is -2.12. The number of rotatable bonds is 6. The molecule has 5 heteroatoms. The fourth-order valence-electron chi connectivity index (χ4n) is 1.44. The number of hydrogen-bond acceptors (Lipinski definition) is 4. The summed E-state index contributed by atoms with van der Waals surface area (Å²) in [5.41, 5.74) is 6.61. The fraction of sp³-hybridized carbons (Fsp3) is 0.500. The molecule has 0 spiro atoms. The number of nitrogens with zero attached hydrogens (tertiary/aromatic N) is 1. The maximum Gasteiger partial charge on any atom is 0.152 e. The summed E-state index contributed by atoms with van der Waals surface area (Å²) < 4.78 is 11.8. The van der Waals surface area contributed by atoms with E-state index in [0.29, 0.717) is 5.75 Å². The first-order chi connectivity index (χ1) is 8.00. The van der Waals surface area contributed by atoms with E-state index in [1.165, 1.54) is 0 Å². The van der Waals surface area contributed by atoms with Gasteiger partial charge in [0.2, 0.25) is 0 Å². The number of hydrogen-bond donors (Lipinski definition) is 1. The van der Waals surface area contributed by atoms with Crippen molar-refractivity contribution in [1.29, 1.82) is 0 Å². The second kappa shape index (κ2) is 6.61. The van der Waals surface area contributed by atoms with Crippen molar-refractivity contribution >= 4 is 16.6 Å². The molecule has 1 aromatic heterocycles. The highest BCUT2D eigenvalue weighted by atomic mass is 32.2. The highest BCUT2D eigenvalue weighted by Crippen LogP contribution is 2.04. The van der Waals surface area contributed by atoms with Gasteiger partial charge in [-0.05, 0) is 11.6 Å². The van der Waals surface area contributed by atoms with Crippen LogP contribution in [0.15, 0.2) is 24.5 Å². The average Bonchev–Trinajstić information content (AvgIpc) is 2.28. The zero-order valence-electron chi connectivity index (χ0n) is 10.1. The highest BCUT2D eigenvalue weighted by molar-refractivity contribution is 7.84. The standard InChI is InChI=1S/C12H18N2O2S/c1-9(2)12(15)11(13)8-17(16)7-10-4-3-5-14-6-10/h3-6,9,11H,7-8,13H2,1-2H3. The molecule has 0 saturated carbocycles. The number of carbonyl (C=O) groups excluding carboxylic acids is 1. The van der Waals surface area contributed by atoms with Crippen LogP contribution in [0.3, 0.4) is 0 Å². The Bertz CT molecular complexity index is 393. The van der Waals surface area contributed by atoms with Crippen LogP contribution < -0.4 is 5.73 Å². The van der Waals surface area contributed by atoms with Gasteiger partial charge in [-0.1, -0.05) is 19.9 Å². The van der Waals surface area contributed by atoms with Crippen LogP contribution in [0.4, 0.5) is 0 Å². The molecule has 94 valence electrons. The van der Waals surface area contributed by atoms with E-state index in [2.05, 4.69) is 4.98 Å². The molecule has 2 atom stereocenters. The summed E-state index contributed by atoms with van der Waals surface area (Å²) in [5, 5.41) is 0. The van der Waals surface area contributed by atoms with Crippen molar-refractivity contribution in [2.24, 2.45) is 11.7 Å². The van der Waals surface area contributed by atoms with Gasteiger partial charge >= 0.3 is 0 Å². The molecule has 4 nitrogen and oxygen atoms in total. The van der Waals surface area contributed by atoms with Gasteiger partial charge in [0.15, 0.2) is 5.78 Å². The Labute approximate surface area is 104 Å². The maximum atomic E-state index is 11.8. The molecule has 2 N–H and O–H groups in total. The molecule has 0 aliphatic rings. The Morgan fingerprint density at radius 1 is 1.53 bits per heavy atom. The van der Waals surface area contributed by atoms with Gasteiger partial charge in [-0.25, -0.2) is 0 Å². The first kappa shape index (κ1) is 14.0. The largest absolute Gasteiger partial charge is 0.321 e. The third kappa shape index (κ3) is 4.75. The molecule has 0 fully saturated rings. The topological polar surface area (TPSA) is 73.1 Å². The molecule has 17 heavy (non-hydrogen) atoms. The van der Waals surface area contributed by atoms with E-state index in [4.69, 9.17) is 5.73 Å². The van der Waals surface area contributed by atoms with Gasteiger partial charge in [0, 0.05) is 34.9 Å². The van der Waals surface area contributed by atoms with Gasteiger partial charge in [-0.3, -0.25) is 14.0 Å². The second-order valence-corrected chi connectivity index (χ2v) is 5.78. The van der Waals surface area contributed by atoms with E-state index in [9.17, 15) is 9.00 Å². The molecule has 0 bridgehead atoms. The normalized spacial score (nSPS) is 14.6. The molecule has 0 radical (unpaired) electrons. The van der Waals surface area contributed by atoms with E-state index >= 15 is 0 Å². The first-order valence-electron chi connectivity index (χ1n) is 5.54. The van der Waals surface area contributed by atoms with Gasteiger partial charge in [-0.15, -0.1) is 0 Å². The lowest BCUT2D eigenvalue weighted by Crippen LogP contribution is -2.38. The van der Waals surface area contributed by atoms with Crippen LogP contribution in [-0.2, 0) is 21.3 Å². The average molecular weight is 254 g/mol. The number of pyridine rings is 1. The van der Waals surface area contributed by atoms with Crippen molar-refractivity contribution in [1.82, 2.24) is 4.98 Å². The Hall–Kier alpha value is -1.07. The van der Waals surface area contributed by atoms with Gasteiger partial charge < -0.3 is 5.73 Å². The van der Waals surface area contributed by atoms with Gasteiger partial charge in [0.25, 0.3) is 0 Å². The molecule has 0 aliphatic heterocycles. The number of aromatic nitrogens is 1.